The van der Waals surface area contributed by atoms with Crippen LogP contribution in [0, 0.1) is 0 Å². The number of unbranched alkanes of at least 4 members (excludes halogenated alkanes) is 1. The fraction of sp³-hybridized carbons (Fsp3) is 0.562. The third kappa shape index (κ3) is 3.00. The molecule has 110 valence electrons. The summed E-state index contributed by atoms with van der Waals surface area (Å²) in [5.41, 5.74) is 2.28. The van der Waals surface area contributed by atoms with E-state index in [1.54, 1.807) is 0 Å². The molecular formula is C16H24BrN3. The van der Waals surface area contributed by atoms with Crippen LogP contribution in [0.5, 0.6) is 0 Å². The van der Waals surface area contributed by atoms with Crippen molar-refractivity contribution in [2.75, 3.05) is 11.4 Å². The third-order valence-electron chi connectivity index (χ3n) is 3.88. The highest BCUT2D eigenvalue weighted by Crippen LogP contribution is 2.26. The van der Waals surface area contributed by atoms with Gasteiger partial charge in [0, 0.05) is 24.1 Å². The first-order chi connectivity index (χ1) is 9.72. The minimum atomic E-state index is 0.518. The van der Waals surface area contributed by atoms with Crippen LogP contribution in [0.1, 0.15) is 45.7 Å². The van der Waals surface area contributed by atoms with Crippen molar-refractivity contribution in [3.63, 3.8) is 0 Å². The molecule has 0 aliphatic carbocycles. The largest absolute Gasteiger partial charge is 0.352 e. The van der Waals surface area contributed by atoms with Crippen LogP contribution in [-0.4, -0.2) is 22.0 Å². The number of rotatable bonds is 7. The smallest absolute Gasteiger partial charge is 0.152 e. The number of hydrogen-bond donors (Lipinski definition) is 0. The molecule has 4 heteroatoms. The van der Waals surface area contributed by atoms with Gasteiger partial charge in [-0.05, 0) is 31.9 Å². The molecule has 2 rings (SSSR count). The topological polar surface area (TPSA) is 20.5 Å². The first-order valence-corrected chi connectivity index (χ1v) is 8.63. The Morgan fingerprint density at radius 1 is 1.35 bits per heavy atom. The number of anilines is 1. The lowest BCUT2D eigenvalue weighted by Gasteiger charge is -2.29. The fourth-order valence-corrected chi connectivity index (χ4v) is 2.99. The molecule has 0 aliphatic heterocycles. The summed E-state index contributed by atoms with van der Waals surface area (Å²) in [5.74, 6) is 1.14. The Morgan fingerprint density at radius 2 is 2.15 bits per heavy atom. The van der Waals surface area contributed by atoms with E-state index in [1.165, 1.54) is 18.5 Å². The van der Waals surface area contributed by atoms with E-state index in [9.17, 15) is 0 Å². The molecule has 0 bridgehead atoms. The quantitative estimate of drug-likeness (QED) is 0.686. The highest BCUT2D eigenvalue weighted by atomic mass is 79.9. The van der Waals surface area contributed by atoms with E-state index in [0.29, 0.717) is 6.04 Å². The molecule has 2 aromatic heterocycles. The number of alkyl halides is 1. The number of pyridine rings is 1. The Morgan fingerprint density at radius 3 is 2.80 bits per heavy atom. The lowest BCUT2D eigenvalue weighted by molar-refractivity contribution is 0.589. The number of imidazole rings is 1. The molecular weight excluding hydrogens is 314 g/mol. The first kappa shape index (κ1) is 15.4. The summed E-state index contributed by atoms with van der Waals surface area (Å²) < 4.78 is 2.19. The molecule has 3 nitrogen and oxygen atoms in total. The van der Waals surface area contributed by atoms with Gasteiger partial charge in [0.1, 0.15) is 5.65 Å². The second kappa shape index (κ2) is 7.11. The number of aromatic nitrogens is 2. The van der Waals surface area contributed by atoms with E-state index < -0.39 is 0 Å². The minimum absolute atomic E-state index is 0.518. The molecule has 0 spiro atoms. The van der Waals surface area contributed by atoms with Gasteiger partial charge in [0.2, 0.25) is 0 Å². The molecule has 0 saturated carbocycles. The summed E-state index contributed by atoms with van der Waals surface area (Å²) in [6.45, 7) is 7.85. The summed E-state index contributed by atoms with van der Waals surface area (Å²) in [4.78, 5) is 7.33. The maximum atomic E-state index is 4.86. The summed E-state index contributed by atoms with van der Waals surface area (Å²) in [6, 6.07) is 6.70. The Kier molecular flexibility index (Phi) is 5.46. The van der Waals surface area contributed by atoms with Crippen molar-refractivity contribution < 1.29 is 0 Å². The van der Waals surface area contributed by atoms with E-state index in [4.69, 9.17) is 4.98 Å². The van der Waals surface area contributed by atoms with Crippen LogP contribution in [0.3, 0.4) is 0 Å². The Bertz CT molecular complexity index is 550. The van der Waals surface area contributed by atoms with E-state index in [0.717, 1.165) is 29.8 Å². The van der Waals surface area contributed by atoms with Gasteiger partial charge < -0.3 is 9.30 Å². The number of fused-ring (bicyclic) bond motifs is 1. The van der Waals surface area contributed by atoms with Crippen molar-refractivity contribution in [3.8, 4) is 0 Å². The maximum Gasteiger partial charge on any atom is 0.152 e. The molecule has 0 aliphatic rings. The lowest BCUT2D eigenvalue weighted by atomic mass is 10.2. The molecule has 0 amide bonds. The summed E-state index contributed by atoms with van der Waals surface area (Å²) in [5, 5.41) is 0.826. The van der Waals surface area contributed by atoms with Crippen LogP contribution >= 0.6 is 15.9 Å². The fourth-order valence-electron chi connectivity index (χ4n) is 2.47. The third-order valence-corrected chi connectivity index (χ3v) is 4.41. The maximum absolute atomic E-state index is 4.86. The van der Waals surface area contributed by atoms with Gasteiger partial charge in [0.15, 0.2) is 5.82 Å². The van der Waals surface area contributed by atoms with Crippen LogP contribution < -0.4 is 4.90 Å². The Labute approximate surface area is 130 Å². The Hall–Kier alpha value is -1.03. The lowest BCUT2D eigenvalue weighted by Crippen LogP contribution is -2.34. The van der Waals surface area contributed by atoms with E-state index in [-0.39, 0.29) is 0 Å². The van der Waals surface area contributed by atoms with Crippen molar-refractivity contribution >= 4 is 27.4 Å². The molecule has 2 heterocycles. The summed E-state index contributed by atoms with van der Waals surface area (Å²) >= 11 is 3.63. The second-order valence-electron chi connectivity index (χ2n) is 5.25. The van der Waals surface area contributed by atoms with Crippen molar-refractivity contribution in [2.45, 2.75) is 51.4 Å². The monoisotopic (exact) mass is 337 g/mol. The summed E-state index contributed by atoms with van der Waals surface area (Å²) in [6.07, 6.45) is 5.65. The highest BCUT2D eigenvalue weighted by Gasteiger charge is 2.20. The van der Waals surface area contributed by atoms with Crippen LogP contribution in [0.25, 0.3) is 5.65 Å². The first-order valence-electron chi connectivity index (χ1n) is 7.51. The molecule has 0 aromatic carbocycles. The number of hydrogen-bond acceptors (Lipinski definition) is 2. The minimum Gasteiger partial charge on any atom is -0.352 e. The van der Waals surface area contributed by atoms with E-state index >= 15 is 0 Å². The van der Waals surface area contributed by atoms with Gasteiger partial charge >= 0.3 is 0 Å². The standard InChI is InChI=1S/C16H24BrN3/c1-4-6-10-19(13(3)5-2)16-14(12-17)20-11-8-7-9-15(20)18-16/h7-9,11,13H,4-6,10,12H2,1-3H3. The average Bonchev–Trinajstić information content (AvgIpc) is 2.85. The normalized spacial score (nSPS) is 12.8. The molecule has 1 atom stereocenters. The van der Waals surface area contributed by atoms with Gasteiger partial charge in [0.25, 0.3) is 0 Å². The van der Waals surface area contributed by atoms with Gasteiger partial charge in [-0.3, -0.25) is 0 Å². The molecule has 0 radical (unpaired) electrons. The van der Waals surface area contributed by atoms with Crippen molar-refractivity contribution in [3.05, 3.63) is 30.1 Å². The van der Waals surface area contributed by atoms with Crippen molar-refractivity contribution in [1.82, 2.24) is 9.38 Å². The molecule has 0 fully saturated rings. The van der Waals surface area contributed by atoms with Gasteiger partial charge in [-0.2, -0.15) is 0 Å². The molecule has 2 aromatic rings. The molecule has 0 saturated heterocycles. The average molecular weight is 338 g/mol. The zero-order valence-electron chi connectivity index (χ0n) is 12.6. The SMILES string of the molecule is CCCCN(c1nc2ccccn2c1CBr)C(C)CC. The van der Waals surface area contributed by atoms with E-state index in [1.807, 2.05) is 6.07 Å². The van der Waals surface area contributed by atoms with Gasteiger partial charge in [-0.25, -0.2) is 4.98 Å². The van der Waals surface area contributed by atoms with Crippen molar-refractivity contribution in [1.29, 1.82) is 0 Å². The van der Waals surface area contributed by atoms with Crippen LogP contribution in [-0.2, 0) is 5.33 Å². The second-order valence-corrected chi connectivity index (χ2v) is 5.81. The van der Waals surface area contributed by atoms with Crippen LogP contribution in [0.15, 0.2) is 24.4 Å². The predicted molar refractivity (Wildman–Crippen MR) is 89.8 cm³/mol. The highest BCUT2D eigenvalue weighted by molar-refractivity contribution is 9.08. The van der Waals surface area contributed by atoms with Gasteiger partial charge in [-0.15, -0.1) is 0 Å². The molecule has 20 heavy (non-hydrogen) atoms. The van der Waals surface area contributed by atoms with Crippen LogP contribution in [0.4, 0.5) is 5.82 Å². The summed E-state index contributed by atoms with van der Waals surface area (Å²) in [7, 11) is 0. The van der Waals surface area contributed by atoms with Crippen molar-refractivity contribution in [2.24, 2.45) is 0 Å². The van der Waals surface area contributed by atoms with Gasteiger partial charge in [-0.1, -0.05) is 42.3 Å². The zero-order valence-corrected chi connectivity index (χ0v) is 14.2. The molecule has 1 unspecified atom stereocenters. The predicted octanol–water partition coefficient (Wildman–Crippen LogP) is 4.63. The number of halogens is 1. The Balaban J connectivity index is 2.45. The molecule has 0 N–H and O–H groups in total. The van der Waals surface area contributed by atoms with Gasteiger partial charge in [0.05, 0.1) is 5.69 Å². The zero-order chi connectivity index (χ0) is 14.5. The number of nitrogens with zero attached hydrogens (tertiary/aromatic N) is 3. The van der Waals surface area contributed by atoms with Crippen LogP contribution in [0.2, 0.25) is 0 Å². The van der Waals surface area contributed by atoms with E-state index in [2.05, 4.69) is 64.3 Å².